The van der Waals surface area contributed by atoms with E-state index in [4.69, 9.17) is 13.6 Å². The van der Waals surface area contributed by atoms with Gasteiger partial charge in [-0.2, -0.15) is 0 Å². The van der Waals surface area contributed by atoms with Gasteiger partial charge in [-0.1, -0.05) is 41.5 Å². The molecule has 0 saturated carbocycles. The van der Waals surface area contributed by atoms with Crippen LogP contribution in [-0.2, 0) is 18.4 Å². The van der Waals surface area contributed by atoms with E-state index in [0.29, 0.717) is 18.6 Å². The first-order valence-corrected chi connectivity index (χ1v) is 16.2. The number of aliphatic hydroxyl groups is 1. The third-order valence-electron chi connectivity index (χ3n) is 6.53. The topological polar surface area (TPSA) is 65.0 Å². The molecule has 0 aromatic carbocycles. The van der Waals surface area contributed by atoms with Crippen LogP contribution < -0.4 is 0 Å². The van der Waals surface area contributed by atoms with Gasteiger partial charge in [0.1, 0.15) is 6.10 Å². The normalized spacial score (nSPS) is 24.7. The van der Waals surface area contributed by atoms with E-state index in [1.54, 1.807) is 13.0 Å². The number of ether oxygens (including phenoxy) is 1. The predicted octanol–water partition coefficient (Wildman–Crippen LogP) is 5.02. The Morgan fingerprint density at radius 2 is 1.50 bits per heavy atom. The van der Waals surface area contributed by atoms with Crippen molar-refractivity contribution in [2.24, 2.45) is 0 Å². The van der Waals surface area contributed by atoms with Gasteiger partial charge in [0.25, 0.3) is 0 Å². The Bertz CT molecular complexity index is 585. The molecule has 0 fully saturated rings. The van der Waals surface area contributed by atoms with Crippen molar-refractivity contribution in [3.8, 4) is 0 Å². The Labute approximate surface area is 174 Å². The van der Waals surface area contributed by atoms with Gasteiger partial charge in [-0.25, -0.2) is 4.79 Å². The standard InChI is InChI=1S/C21H42O5Si2/c1-12-24-19(23)15-13-16(25-27(8,9)20(2,3)4)18(22)17(14-15)26-28(10,11)21(5,6)7/h13,16-18,22H,12,14H2,1-11H3/t16-,17-,18-/m1/s1. The molecule has 1 aliphatic carbocycles. The Balaban J connectivity index is 3.22. The Morgan fingerprint density at radius 3 is 1.93 bits per heavy atom. The van der Waals surface area contributed by atoms with E-state index in [1.807, 2.05) is 0 Å². The molecule has 0 heterocycles. The van der Waals surface area contributed by atoms with Gasteiger partial charge in [-0.05, 0) is 49.3 Å². The molecule has 0 aromatic rings. The second-order valence-corrected chi connectivity index (χ2v) is 20.4. The molecule has 0 bridgehead atoms. The number of esters is 1. The summed E-state index contributed by atoms with van der Waals surface area (Å²) in [5.74, 6) is -0.345. The van der Waals surface area contributed by atoms with E-state index >= 15 is 0 Å². The molecule has 0 aliphatic heterocycles. The molecule has 3 atom stereocenters. The maximum Gasteiger partial charge on any atom is 0.333 e. The summed E-state index contributed by atoms with van der Waals surface area (Å²) in [6.07, 6.45) is 0.267. The zero-order chi connectivity index (χ0) is 22.1. The van der Waals surface area contributed by atoms with E-state index in [-0.39, 0.29) is 16.0 Å². The van der Waals surface area contributed by atoms with E-state index in [9.17, 15) is 9.90 Å². The quantitative estimate of drug-likeness (QED) is 0.473. The summed E-state index contributed by atoms with van der Waals surface area (Å²) in [6.45, 7) is 23.7. The summed E-state index contributed by atoms with van der Waals surface area (Å²) in [5.41, 5.74) is 0.541. The number of hydrogen-bond donors (Lipinski definition) is 1. The molecular weight excluding hydrogens is 388 g/mol. The lowest BCUT2D eigenvalue weighted by molar-refractivity contribution is -0.139. The van der Waals surface area contributed by atoms with Gasteiger partial charge >= 0.3 is 5.97 Å². The van der Waals surface area contributed by atoms with Crippen LogP contribution in [0.15, 0.2) is 11.6 Å². The number of carbonyl (C=O) groups excluding carboxylic acids is 1. The molecule has 1 aliphatic rings. The van der Waals surface area contributed by atoms with Crippen LogP contribution in [0.5, 0.6) is 0 Å². The van der Waals surface area contributed by atoms with Crippen LogP contribution in [0, 0.1) is 0 Å². The lowest BCUT2D eigenvalue weighted by Crippen LogP contribution is -2.54. The van der Waals surface area contributed by atoms with Gasteiger partial charge in [0.2, 0.25) is 0 Å². The summed E-state index contributed by atoms with van der Waals surface area (Å²) in [6, 6.07) is 0. The van der Waals surface area contributed by atoms with Gasteiger partial charge in [0, 0.05) is 12.0 Å². The van der Waals surface area contributed by atoms with E-state index in [0.717, 1.165) is 0 Å². The lowest BCUT2D eigenvalue weighted by atomic mass is 9.92. The fourth-order valence-electron chi connectivity index (χ4n) is 2.58. The predicted molar refractivity (Wildman–Crippen MR) is 119 cm³/mol. The maximum absolute atomic E-state index is 12.5. The highest BCUT2D eigenvalue weighted by Crippen LogP contribution is 2.42. The molecule has 0 spiro atoms. The van der Waals surface area contributed by atoms with Crippen LogP contribution >= 0.6 is 0 Å². The molecule has 1 rings (SSSR count). The van der Waals surface area contributed by atoms with Crippen molar-refractivity contribution >= 4 is 22.6 Å². The molecule has 0 saturated heterocycles. The monoisotopic (exact) mass is 430 g/mol. The minimum absolute atomic E-state index is 0.00210. The van der Waals surface area contributed by atoms with E-state index < -0.39 is 34.9 Å². The lowest BCUT2D eigenvalue weighted by Gasteiger charge is -2.45. The zero-order valence-electron chi connectivity index (χ0n) is 19.8. The third-order valence-corrected chi connectivity index (χ3v) is 15.5. The molecule has 1 N–H and O–H groups in total. The second kappa shape index (κ2) is 8.72. The summed E-state index contributed by atoms with van der Waals surface area (Å²) >= 11 is 0. The van der Waals surface area contributed by atoms with Crippen LogP contribution in [0.25, 0.3) is 0 Å². The van der Waals surface area contributed by atoms with Crippen molar-refractivity contribution in [1.82, 2.24) is 0 Å². The number of carbonyl (C=O) groups is 1. The largest absolute Gasteiger partial charge is 0.463 e. The molecule has 0 amide bonds. The highest BCUT2D eigenvalue weighted by Gasteiger charge is 2.47. The number of hydrogen-bond acceptors (Lipinski definition) is 5. The van der Waals surface area contributed by atoms with Crippen molar-refractivity contribution in [2.45, 2.75) is 109 Å². The fourth-order valence-corrected chi connectivity index (χ4v) is 5.15. The van der Waals surface area contributed by atoms with E-state index in [1.165, 1.54) is 0 Å². The average molecular weight is 431 g/mol. The number of aliphatic hydroxyl groups excluding tert-OH is 1. The van der Waals surface area contributed by atoms with Crippen LogP contribution in [-0.4, -0.2) is 52.6 Å². The summed E-state index contributed by atoms with van der Waals surface area (Å²) in [7, 11) is -4.27. The van der Waals surface area contributed by atoms with Crippen molar-refractivity contribution in [3.63, 3.8) is 0 Å². The Morgan fingerprint density at radius 1 is 1.04 bits per heavy atom. The highest BCUT2D eigenvalue weighted by molar-refractivity contribution is 6.74. The van der Waals surface area contributed by atoms with Crippen LogP contribution in [0.1, 0.15) is 54.9 Å². The SMILES string of the molecule is CCOC(=O)C1=C[C@@H](O[Si](C)(C)C(C)(C)C)[C@@H](O)[C@H](O[Si](C)(C)C(C)(C)C)C1. The first kappa shape index (κ1) is 25.6. The fraction of sp³-hybridized carbons (Fsp3) is 0.857. The Hall–Kier alpha value is -0.476. The first-order chi connectivity index (χ1) is 12.4. The third kappa shape index (κ3) is 6.01. The molecule has 5 nitrogen and oxygen atoms in total. The number of rotatable bonds is 6. The maximum atomic E-state index is 12.5. The molecule has 164 valence electrons. The van der Waals surface area contributed by atoms with Crippen molar-refractivity contribution in [1.29, 1.82) is 0 Å². The minimum atomic E-state index is -2.14. The van der Waals surface area contributed by atoms with Crippen LogP contribution in [0.3, 0.4) is 0 Å². The molecule has 0 unspecified atom stereocenters. The molecule has 7 heteroatoms. The highest BCUT2D eigenvalue weighted by atomic mass is 28.4. The van der Waals surface area contributed by atoms with Crippen molar-refractivity contribution in [3.05, 3.63) is 11.6 Å². The zero-order valence-corrected chi connectivity index (χ0v) is 21.8. The second-order valence-electron chi connectivity index (χ2n) is 10.9. The summed E-state index contributed by atoms with van der Waals surface area (Å²) < 4.78 is 18.2. The summed E-state index contributed by atoms with van der Waals surface area (Å²) in [4.78, 5) is 12.5. The first-order valence-electron chi connectivity index (χ1n) is 10.3. The average Bonchev–Trinajstić information content (AvgIpc) is 2.48. The molecular formula is C21H42O5Si2. The van der Waals surface area contributed by atoms with Gasteiger partial charge in [-0.3, -0.25) is 0 Å². The van der Waals surface area contributed by atoms with Gasteiger partial charge in [-0.15, -0.1) is 0 Å². The van der Waals surface area contributed by atoms with Crippen LogP contribution in [0.4, 0.5) is 0 Å². The van der Waals surface area contributed by atoms with E-state index in [2.05, 4.69) is 67.7 Å². The molecule has 0 aromatic heterocycles. The Kier molecular flexibility index (Phi) is 7.96. The van der Waals surface area contributed by atoms with Gasteiger partial charge in [0.05, 0.1) is 18.8 Å². The van der Waals surface area contributed by atoms with Crippen molar-refractivity contribution < 1.29 is 23.5 Å². The minimum Gasteiger partial charge on any atom is -0.463 e. The molecule has 0 radical (unpaired) electrons. The van der Waals surface area contributed by atoms with Gasteiger partial charge < -0.3 is 18.7 Å². The summed E-state index contributed by atoms with van der Waals surface area (Å²) in [5, 5.41) is 11.1. The smallest absolute Gasteiger partial charge is 0.333 e. The van der Waals surface area contributed by atoms with Crippen molar-refractivity contribution in [2.75, 3.05) is 6.61 Å². The van der Waals surface area contributed by atoms with Crippen LogP contribution in [0.2, 0.25) is 36.3 Å². The van der Waals surface area contributed by atoms with Gasteiger partial charge in [0.15, 0.2) is 16.6 Å². The molecule has 28 heavy (non-hydrogen) atoms.